The largest absolute Gasteiger partial charge is 0.465 e. The Morgan fingerprint density at radius 2 is 1.64 bits per heavy atom. The topological polar surface area (TPSA) is 286 Å². The Hall–Kier alpha value is -5.99. The SMILES string of the molecule is COC(=O)[C@@]1(O[C@H]2CCCC[C@H]2NC(=O)CN=[N+]=[N-])C[C@@H]2OC(=O)N(C(=O)OC(C)(C)C)[C@H]2[C@H]([C@H](OC(C)=O)[C@@H](CNC(=O)c2cc(C)c(OC(C)=O)c(C)c2)OC(C)=O)O1. The van der Waals surface area contributed by atoms with Gasteiger partial charge in [-0.25, -0.2) is 19.3 Å². The molecule has 22 nitrogen and oxygen atoms in total. The highest BCUT2D eigenvalue weighted by Crippen LogP contribution is 2.44. The summed E-state index contributed by atoms with van der Waals surface area (Å²) in [7, 11) is 1.04. The first kappa shape index (κ1) is 47.7. The number of carbonyl (C=O) groups excluding carboxylic acids is 8. The van der Waals surface area contributed by atoms with Gasteiger partial charge in [0.15, 0.2) is 12.2 Å². The molecule has 4 rings (SSSR count). The molecule has 1 aromatic rings. The second kappa shape index (κ2) is 20.0. The molecule has 1 aromatic carbocycles. The number of amides is 4. The highest BCUT2D eigenvalue weighted by Gasteiger charge is 2.65. The molecule has 2 aliphatic heterocycles. The lowest BCUT2D eigenvalue weighted by Crippen LogP contribution is -2.68. The van der Waals surface area contributed by atoms with Crippen LogP contribution < -0.4 is 15.4 Å². The van der Waals surface area contributed by atoms with Crippen molar-refractivity contribution < 1.29 is 76.3 Å². The maximum atomic E-state index is 14.0. The van der Waals surface area contributed by atoms with Gasteiger partial charge in [-0.1, -0.05) is 18.0 Å². The number of esters is 4. The first-order valence-corrected chi connectivity index (χ1v) is 19.5. The number of nitrogens with zero attached hydrogens (tertiary/aromatic N) is 4. The fourth-order valence-electron chi connectivity index (χ4n) is 7.51. The summed E-state index contributed by atoms with van der Waals surface area (Å²) in [4.78, 5) is 108. The maximum absolute atomic E-state index is 14.0. The fraction of sp³-hybridized carbons (Fsp3) is 0.641. The molecule has 0 unspecified atom stereocenters. The molecule has 0 aromatic heterocycles. The van der Waals surface area contributed by atoms with E-state index in [-0.39, 0.29) is 17.7 Å². The Kier molecular flexibility index (Phi) is 15.7. The van der Waals surface area contributed by atoms with E-state index < -0.39 is 121 Å². The van der Waals surface area contributed by atoms with Crippen molar-refractivity contribution >= 4 is 47.9 Å². The minimum atomic E-state index is -2.50. The lowest BCUT2D eigenvalue weighted by molar-refractivity contribution is -0.325. The Labute approximate surface area is 351 Å². The molecule has 0 bridgehead atoms. The van der Waals surface area contributed by atoms with E-state index in [1.807, 2.05) is 0 Å². The Balaban J connectivity index is 1.83. The average Bonchev–Trinajstić information content (AvgIpc) is 3.50. The summed E-state index contributed by atoms with van der Waals surface area (Å²) in [6.45, 7) is 10.1. The van der Waals surface area contributed by atoms with Crippen LogP contribution in [0.15, 0.2) is 17.2 Å². The molecule has 3 aliphatic rings. The van der Waals surface area contributed by atoms with E-state index in [4.69, 9.17) is 43.4 Å². The third kappa shape index (κ3) is 12.1. The van der Waals surface area contributed by atoms with Crippen molar-refractivity contribution in [1.82, 2.24) is 15.5 Å². The van der Waals surface area contributed by atoms with Crippen LogP contribution >= 0.6 is 0 Å². The quantitative estimate of drug-likeness (QED) is 0.0677. The number of carbonyl (C=O) groups is 8. The van der Waals surface area contributed by atoms with Gasteiger partial charge in [-0.15, -0.1) is 0 Å². The van der Waals surface area contributed by atoms with Gasteiger partial charge in [-0.2, -0.15) is 0 Å². The van der Waals surface area contributed by atoms with Crippen LogP contribution in [-0.2, 0) is 57.1 Å². The maximum Gasteiger partial charge on any atom is 0.420 e. The van der Waals surface area contributed by atoms with Crippen molar-refractivity contribution in [2.45, 2.75) is 141 Å². The molecule has 2 saturated heterocycles. The zero-order chi connectivity index (χ0) is 45.4. The molecule has 3 fully saturated rings. The standard InChI is InChI=1S/C39H52N6O16/c1-19-14-24(15-20(2)31(19)56-22(4)47)34(50)41-17-28(55-21(3)46)32(57-23(5)48)33-30-27(58-36(52)45(30)37(53)61-38(6,7)8)16-39(60-33,35(51)54-9)59-26-13-11-10-12-25(26)43-29(49)18-42-44-40/h14-15,25-28,30,32-33H,10-13,16-18H2,1-9H3,(H,41,50)(H,43,49)/t25-,26+,27+,28-,30-,32-,33-,39-/m1/s1. The van der Waals surface area contributed by atoms with Crippen LogP contribution in [0.25, 0.3) is 10.4 Å². The van der Waals surface area contributed by atoms with Crippen molar-refractivity contribution in [3.05, 3.63) is 39.3 Å². The normalized spacial score (nSPS) is 24.3. The molecule has 8 atom stereocenters. The number of methoxy groups -OCH3 is 1. The zero-order valence-corrected chi connectivity index (χ0v) is 35.5. The van der Waals surface area contributed by atoms with Crippen molar-refractivity contribution in [3.8, 4) is 5.75 Å². The van der Waals surface area contributed by atoms with Crippen molar-refractivity contribution in [1.29, 1.82) is 0 Å². The number of aryl methyl sites for hydroxylation is 2. The number of ether oxygens (including phenoxy) is 8. The number of hydrogen-bond donors (Lipinski definition) is 2. The van der Waals surface area contributed by atoms with Gasteiger partial charge < -0.3 is 48.5 Å². The molecule has 334 valence electrons. The van der Waals surface area contributed by atoms with E-state index in [9.17, 15) is 38.4 Å². The molecule has 22 heteroatoms. The Morgan fingerprint density at radius 1 is 1.00 bits per heavy atom. The zero-order valence-electron chi connectivity index (χ0n) is 35.5. The lowest BCUT2D eigenvalue weighted by atomic mass is 9.87. The van der Waals surface area contributed by atoms with E-state index in [1.54, 1.807) is 34.6 Å². The molecule has 1 aliphatic carbocycles. The van der Waals surface area contributed by atoms with Gasteiger partial charge in [0.25, 0.3) is 11.7 Å². The second-order valence-electron chi connectivity index (χ2n) is 15.8. The molecule has 0 spiro atoms. The predicted molar refractivity (Wildman–Crippen MR) is 206 cm³/mol. The van der Waals surface area contributed by atoms with Crippen LogP contribution in [0.5, 0.6) is 5.75 Å². The third-order valence-corrected chi connectivity index (χ3v) is 9.76. The van der Waals surface area contributed by atoms with Crippen molar-refractivity contribution in [2.75, 3.05) is 20.2 Å². The van der Waals surface area contributed by atoms with Crippen LogP contribution in [0.3, 0.4) is 0 Å². The highest BCUT2D eigenvalue weighted by atomic mass is 16.8. The summed E-state index contributed by atoms with van der Waals surface area (Å²) >= 11 is 0. The van der Waals surface area contributed by atoms with Gasteiger partial charge >= 0.3 is 36.1 Å². The molecular weight excluding hydrogens is 808 g/mol. The van der Waals surface area contributed by atoms with Crippen molar-refractivity contribution in [2.24, 2.45) is 5.11 Å². The van der Waals surface area contributed by atoms with Gasteiger partial charge in [0, 0.05) is 31.2 Å². The number of benzene rings is 1. The summed E-state index contributed by atoms with van der Waals surface area (Å²) in [5.74, 6) is -7.16. The van der Waals surface area contributed by atoms with E-state index in [0.717, 1.165) is 21.0 Å². The van der Waals surface area contributed by atoms with E-state index in [1.165, 1.54) is 19.1 Å². The van der Waals surface area contributed by atoms with Crippen LogP contribution in [0.1, 0.15) is 95.1 Å². The van der Waals surface area contributed by atoms with Crippen LogP contribution in [0.4, 0.5) is 9.59 Å². The van der Waals surface area contributed by atoms with E-state index in [0.29, 0.717) is 35.3 Å². The summed E-state index contributed by atoms with van der Waals surface area (Å²) in [6.07, 6.45) is -8.87. The fourth-order valence-corrected chi connectivity index (χ4v) is 7.51. The number of hydrogen-bond acceptors (Lipinski definition) is 17. The number of azide groups is 1. The summed E-state index contributed by atoms with van der Waals surface area (Å²) in [5, 5.41) is 8.67. The number of nitrogens with one attached hydrogen (secondary N) is 2. The summed E-state index contributed by atoms with van der Waals surface area (Å²) in [5.41, 5.74) is 8.61. The molecule has 0 radical (unpaired) electrons. The number of imide groups is 1. The van der Waals surface area contributed by atoms with Gasteiger partial charge in [0.05, 0.1) is 32.2 Å². The number of fused-ring (bicyclic) bond motifs is 1. The Morgan fingerprint density at radius 3 is 2.21 bits per heavy atom. The lowest BCUT2D eigenvalue weighted by Gasteiger charge is -2.48. The van der Waals surface area contributed by atoms with E-state index in [2.05, 4.69) is 20.7 Å². The molecule has 2 N–H and O–H groups in total. The monoisotopic (exact) mass is 860 g/mol. The smallest absolute Gasteiger partial charge is 0.420 e. The predicted octanol–water partition coefficient (Wildman–Crippen LogP) is 3.36. The molecule has 61 heavy (non-hydrogen) atoms. The third-order valence-electron chi connectivity index (χ3n) is 9.76. The van der Waals surface area contributed by atoms with Gasteiger partial charge in [-0.05, 0) is 76.3 Å². The first-order chi connectivity index (χ1) is 28.6. The highest BCUT2D eigenvalue weighted by molar-refractivity contribution is 5.95. The average molecular weight is 861 g/mol. The molecular formula is C39H52N6O16. The molecule has 2 heterocycles. The van der Waals surface area contributed by atoms with Gasteiger partial charge in [0.1, 0.15) is 36.1 Å². The summed E-state index contributed by atoms with van der Waals surface area (Å²) in [6, 6.07) is 0.621. The first-order valence-electron chi connectivity index (χ1n) is 19.5. The van der Waals surface area contributed by atoms with Crippen LogP contribution in [0.2, 0.25) is 0 Å². The minimum Gasteiger partial charge on any atom is -0.465 e. The summed E-state index contributed by atoms with van der Waals surface area (Å²) < 4.78 is 46.1. The van der Waals surface area contributed by atoms with Crippen LogP contribution in [0, 0.1) is 13.8 Å². The van der Waals surface area contributed by atoms with Gasteiger partial charge in [-0.3, -0.25) is 24.0 Å². The molecule has 1 saturated carbocycles. The second-order valence-corrected chi connectivity index (χ2v) is 15.8. The van der Waals surface area contributed by atoms with Crippen LogP contribution in [-0.4, -0.2) is 127 Å². The number of rotatable bonds is 14. The van der Waals surface area contributed by atoms with E-state index >= 15 is 0 Å². The van der Waals surface area contributed by atoms with Gasteiger partial charge in [0.2, 0.25) is 5.91 Å². The minimum absolute atomic E-state index is 0.114. The molecule has 4 amide bonds. The van der Waals surface area contributed by atoms with Crippen molar-refractivity contribution in [3.63, 3.8) is 0 Å². The Bertz CT molecular complexity index is 1920.